The highest BCUT2D eigenvalue weighted by molar-refractivity contribution is 5.86. The first-order valence-electron chi connectivity index (χ1n) is 12.4. The van der Waals surface area contributed by atoms with E-state index in [1.807, 2.05) is 12.1 Å². The van der Waals surface area contributed by atoms with Crippen LogP contribution in [0.3, 0.4) is 0 Å². The van der Waals surface area contributed by atoms with Crippen LogP contribution in [-0.4, -0.2) is 30.9 Å². The van der Waals surface area contributed by atoms with E-state index >= 15 is 0 Å². The van der Waals surface area contributed by atoms with Crippen molar-refractivity contribution in [1.82, 2.24) is 0 Å². The van der Waals surface area contributed by atoms with E-state index in [-0.39, 0.29) is 13.2 Å². The molecule has 0 aromatic heterocycles. The van der Waals surface area contributed by atoms with E-state index in [1.165, 1.54) is 33.4 Å². The summed E-state index contributed by atoms with van der Waals surface area (Å²) in [6, 6.07) is 21.4. The average molecular weight is 473 g/mol. The lowest BCUT2D eigenvalue weighted by Crippen LogP contribution is -2.12. The SMILES string of the molecule is C=C(C)C(=O)OCCOc1ccc(-c2ccc(-c3ccc(CCCO)cc3CC)c(CC)c2)cc1. The van der Waals surface area contributed by atoms with Crippen molar-refractivity contribution in [3.8, 4) is 28.0 Å². The van der Waals surface area contributed by atoms with Crippen LogP contribution in [0.1, 0.15) is 43.9 Å². The second kappa shape index (κ2) is 12.9. The molecule has 4 heteroatoms. The number of aliphatic hydroxyl groups excluding tert-OH is 1. The van der Waals surface area contributed by atoms with E-state index in [1.54, 1.807) is 6.92 Å². The minimum absolute atomic E-state index is 0.191. The van der Waals surface area contributed by atoms with Gasteiger partial charge in [0, 0.05) is 12.2 Å². The van der Waals surface area contributed by atoms with Crippen LogP contribution < -0.4 is 4.74 Å². The number of esters is 1. The van der Waals surface area contributed by atoms with Crippen LogP contribution in [0.2, 0.25) is 0 Å². The van der Waals surface area contributed by atoms with Gasteiger partial charge in [-0.3, -0.25) is 0 Å². The number of hydrogen-bond donors (Lipinski definition) is 1. The molecule has 3 aromatic carbocycles. The molecule has 35 heavy (non-hydrogen) atoms. The van der Waals surface area contributed by atoms with Gasteiger partial charge in [0.2, 0.25) is 0 Å². The first-order valence-corrected chi connectivity index (χ1v) is 12.4. The van der Waals surface area contributed by atoms with Gasteiger partial charge in [-0.1, -0.05) is 69.0 Å². The summed E-state index contributed by atoms with van der Waals surface area (Å²) in [6.07, 6.45) is 3.62. The summed E-state index contributed by atoms with van der Waals surface area (Å²) in [6.45, 7) is 10.3. The van der Waals surface area contributed by atoms with Crippen molar-refractivity contribution in [2.24, 2.45) is 0 Å². The summed E-state index contributed by atoms with van der Waals surface area (Å²) in [5.41, 5.74) is 9.20. The van der Waals surface area contributed by atoms with E-state index in [0.29, 0.717) is 12.2 Å². The highest BCUT2D eigenvalue weighted by Crippen LogP contribution is 2.33. The molecule has 0 heterocycles. The highest BCUT2D eigenvalue weighted by Gasteiger charge is 2.11. The monoisotopic (exact) mass is 472 g/mol. The zero-order chi connectivity index (χ0) is 25.2. The van der Waals surface area contributed by atoms with Crippen LogP contribution in [0.25, 0.3) is 22.3 Å². The Morgan fingerprint density at radius 3 is 2.11 bits per heavy atom. The maximum absolute atomic E-state index is 11.4. The van der Waals surface area contributed by atoms with Gasteiger partial charge in [0.25, 0.3) is 0 Å². The van der Waals surface area contributed by atoms with Crippen LogP contribution in [-0.2, 0) is 28.8 Å². The van der Waals surface area contributed by atoms with Crippen molar-refractivity contribution in [1.29, 1.82) is 0 Å². The molecule has 1 N–H and O–H groups in total. The van der Waals surface area contributed by atoms with Gasteiger partial charge in [-0.15, -0.1) is 0 Å². The second-order valence-electron chi connectivity index (χ2n) is 8.69. The molecule has 0 aliphatic heterocycles. The number of aryl methyl sites for hydroxylation is 3. The Morgan fingerprint density at radius 1 is 0.857 bits per heavy atom. The van der Waals surface area contributed by atoms with Gasteiger partial charge >= 0.3 is 5.97 Å². The molecule has 0 aliphatic carbocycles. The fraction of sp³-hybridized carbons (Fsp3) is 0.323. The quantitative estimate of drug-likeness (QED) is 0.184. The summed E-state index contributed by atoms with van der Waals surface area (Å²) in [7, 11) is 0. The van der Waals surface area contributed by atoms with Crippen LogP contribution in [0.4, 0.5) is 0 Å². The van der Waals surface area contributed by atoms with Crippen molar-refractivity contribution < 1.29 is 19.4 Å². The number of ether oxygens (including phenoxy) is 2. The molecule has 0 aliphatic rings. The Labute approximate surface area is 209 Å². The van der Waals surface area contributed by atoms with Gasteiger partial charge in [-0.2, -0.15) is 0 Å². The van der Waals surface area contributed by atoms with Crippen molar-refractivity contribution in [3.05, 3.63) is 89.5 Å². The van der Waals surface area contributed by atoms with E-state index in [9.17, 15) is 4.79 Å². The first kappa shape index (κ1) is 26.2. The van der Waals surface area contributed by atoms with E-state index in [2.05, 4.69) is 69.0 Å². The Hall–Kier alpha value is -3.37. The largest absolute Gasteiger partial charge is 0.490 e. The molecule has 0 amide bonds. The lowest BCUT2D eigenvalue weighted by Gasteiger charge is -2.16. The van der Waals surface area contributed by atoms with Gasteiger partial charge in [-0.05, 0) is 83.7 Å². The first-order chi connectivity index (χ1) is 17.0. The lowest BCUT2D eigenvalue weighted by atomic mass is 9.89. The van der Waals surface area contributed by atoms with Crippen LogP contribution >= 0.6 is 0 Å². The van der Waals surface area contributed by atoms with E-state index in [0.717, 1.165) is 37.0 Å². The molecule has 0 radical (unpaired) electrons. The maximum Gasteiger partial charge on any atom is 0.333 e. The molecule has 3 aromatic rings. The maximum atomic E-state index is 11.4. The molecule has 0 fully saturated rings. The fourth-order valence-electron chi connectivity index (χ4n) is 4.13. The molecule has 0 bridgehead atoms. The minimum atomic E-state index is -0.400. The summed E-state index contributed by atoms with van der Waals surface area (Å²) < 4.78 is 10.7. The van der Waals surface area contributed by atoms with Crippen molar-refractivity contribution in [2.75, 3.05) is 19.8 Å². The van der Waals surface area contributed by atoms with Gasteiger partial charge < -0.3 is 14.6 Å². The third-order valence-electron chi connectivity index (χ3n) is 6.07. The van der Waals surface area contributed by atoms with Gasteiger partial charge in [-0.25, -0.2) is 4.79 Å². The number of carbonyl (C=O) groups is 1. The van der Waals surface area contributed by atoms with Gasteiger partial charge in [0.15, 0.2) is 0 Å². The van der Waals surface area contributed by atoms with E-state index < -0.39 is 5.97 Å². The zero-order valence-corrected chi connectivity index (χ0v) is 21.1. The summed E-state index contributed by atoms with van der Waals surface area (Å²) in [5, 5.41) is 9.15. The smallest absolute Gasteiger partial charge is 0.333 e. The van der Waals surface area contributed by atoms with Gasteiger partial charge in [0.05, 0.1) is 0 Å². The Kier molecular flexibility index (Phi) is 9.68. The van der Waals surface area contributed by atoms with Crippen molar-refractivity contribution >= 4 is 5.97 Å². The number of hydrogen-bond acceptors (Lipinski definition) is 4. The highest BCUT2D eigenvalue weighted by atomic mass is 16.6. The van der Waals surface area contributed by atoms with Crippen molar-refractivity contribution in [3.63, 3.8) is 0 Å². The Morgan fingerprint density at radius 2 is 1.49 bits per heavy atom. The summed E-state index contributed by atoms with van der Waals surface area (Å²) in [5.74, 6) is 0.337. The predicted molar refractivity (Wildman–Crippen MR) is 143 cm³/mol. The van der Waals surface area contributed by atoms with Crippen LogP contribution in [0, 0.1) is 0 Å². The molecular weight excluding hydrogens is 436 g/mol. The molecular formula is C31H36O4. The fourth-order valence-corrected chi connectivity index (χ4v) is 4.13. The molecule has 3 rings (SSSR count). The van der Waals surface area contributed by atoms with Crippen LogP contribution in [0.15, 0.2) is 72.8 Å². The third kappa shape index (κ3) is 7.06. The molecule has 0 atom stereocenters. The van der Waals surface area contributed by atoms with Crippen molar-refractivity contribution in [2.45, 2.75) is 46.5 Å². The molecule has 0 saturated carbocycles. The Balaban J connectivity index is 1.74. The summed E-state index contributed by atoms with van der Waals surface area (Å²) in [4.78, 5) is 11.4. The molecule has 4 nitrogen and oxygen atoms in total. The molecule has 0 spiro atoms. The Bertz CT molecular complexity index is 1150. The lowest BCUT2D eigenvalue weighted by molar-refractivity contribution is -0.139. The standard InChI is InChI=1S/C31H36O4/c1-5-24-20-23(8-7-17-32)9-15-29(24)30-16-12-27(21-25(30)6-2)26-10-13-28(14-11-26)34-18-19-35-31(33)22(3)4/h9-16,20-21,32H,3,5-8,17-19H2,1-2,4H3. The molecule has 0 saturated heterocycles. The zero-order valence-electron chi connectivity index (χ0n) is 21.1. The predicted octanol–water partition coefficient (Wildman–Crippen LogP) is 6.57. The molecule has 184 valence electrons. The van der Waals surface area contributed by atoms with Crippen LogP contribution in [0.5, 0.6) is 5.75 Å². The third-order valence-corrected chi connectivity index (χ3v) is 6.07. The normalized spacial score (nSPS) is 10.7. The van der Waals surface area contributed by atoms with E-state index in [4.69, 9.17) is 14.6 Å². The molecule has 0 unspecified atom stereocenters. The topological polar surface area (TPSA) is 55.8 Å². The number of carbonyl (C=O) groups excluding carboxylic acids is 1. The number of benzene rings is 3. The second-order valence-corrected chi connectivity index (χ2v) is 8.69. The van der Waals surface area contributed by atoms with Gasteiger partial charge in [0.1, 0.15) is 19.0 Å². The average Bonchev–Trinajstić information content (AvgIpc) is 2.89. The number of aliphatic hydroxyl groups is 1. The number of rotatable bonds is 12. The minimum Gasteiger partial charge on any atom is -0.490 e. The summed E-state index contributed by atoms with van der Waals surface area (Å²) >= 11 is 0.